The zero-order valence-corrected chi connectivity index (χ0v) is 13.3. The average Bonchev–Trinajstić information content (AvgIpc) is 3.12. The van der Waals surface area contributed by atoms with Crippen molar-refractivity contribution >= 4 is 11.6 Å². The van der Waals surface area contributed by atoms with E-state index in [0.29, 0.717) is 17.2 Å². The van der Waals surface area contributed by atoms with Gasteiger partial charge in [0.15, 0.2) is 5.69 Å². The molecule has 2 aromatic carbocycles. The zero-order chi connectivity index (χ0) is 16.9. The Bertz CT molecular complexity index is 824. The Morgan fingerprint density at radius 2 is 1.71 bits per heavy atom. The molecule has 0 saturated carbocycles. The Morgan fingerprint density at radius 3 is 2.33 bits per heavy atom. The predicted molar refractivity (Wildman–Crippen MR) is 88.9 cm³/mol. The van der Waals surface area contributed by atoms with Gasteiger partial charge in [0, 0.05) is 23.9 Å². The molecule has 7 nitrogen and oxygen atoms in total. The molecule has 1 heterocycles. The van der Waals surface area contributed by atoms with Gasteiger partial charge in [0.25, 0.3) is 5.91 Å². The molecule has 24 heavy (non-hydrogen) atoms. The van der Waals surface area contributed by atoms with E-state index >= 15 is 0 Å². The number of benzene rings is 2. The number of methoxy groups -OCH3 is 2. The molecule has 1 N–H and O–H groups in total. The van der Waals surface area contributed by atoms with Crippen LogP contribution in [0.15, 0.2) is 54.7 Å². The largest absolute Gasteiger partial charge is 0.497 e. The highest BCUT2D eigenvalue weighted by Gasteiger charge is 2.13. The highest BCUT2D eigenvalue weighted by Crippen LogP contribution is 2.26. The first kappa shape index (κ1) is 15.5. The van der Waals surface area contributed by atoms with Gasteiger partial charge < -0.3 is 14.8 Å². The summed E-state index contributed by atoms with van der Waals surface area (Å²) in [6.45, 7) is 0. The van der Waals surface area contributed by atoms with Gasteiger partial charge in [0.2, 0.25) is 0 Å². The molecule has 3 aromatic rings. The summed E-state index contributed by atoms with van der Waals surface area (Å²) >= 11 is 0. The van der Waals surface area contributed by atoms with Crippen LogP contribution in [0.3, 0.4) is 0 Å². The van der Waals surface area contributed by atoms with Crippen molar-refractivity contribution in [2.24, 2.45) is 0 Å². The summed E-state index contributed by atoms with van der Waals surface area (Å²) in [6.07, 6.45) is 1.42. The van der Waals surface area contributed by atoms with Crippen LogP contribution in [-0.4, -0.2) is 35.1 Å². The maximum absolute atomic E-state index is 12.3. The molecule has 0 fully saturated rings. The molecule has 0 aliphatic rings. The Balaban J connectivity index is 1.80. The van der Waals surface area contributed by atoms with Crippen LogP contribution >= 0.6 is 0 Å². The van der Waals surface area contributed by atoms with Crippen LogP contribution in [0.25, 0.3) is 5.69 Å². The van der Waals surface area contributed by atoms with E-state index in [1.54, 1.807) is 32.4 Å². The molecule has 0 saturated heterocycles. The first-order valence-electron chi connectivity index (χ1n) is 7.22. The molecule has 0 radical (unpaired) electrons. The normalized spacial score (nSPS) is 10.2. The van der Waals surface area contributed by atoms with Crippen LogP contribution < -0.4 is 14.8 Å². The third-order valence-corrected chi connectivity index (χ3v) is 3.32. The Labute approximate surface area is 138 Å². The van der Waals surface area contributed by atoms with E-state index in [1.165, 1.54) is 11.0 Å². The van der Waals surface area contributed by atoms with Crippen molar-refractivity contribution < 1.29 is 14.3 Å². The second-order valence-electron chi connectivity index (χ2n) is 4.91. The fourth-order valence-corrected chi connectivity index (χ4v) is 2.13. The summed E-state index contributed by atoms with van der Waals surface area (Å²) in [4.78, 5) is 13.8. The number of ether oxygens (including phenoxy) is 2. The Morgan fingerprint density at radius 1 is 1.04 bits per heavy atom. The van der Waals surface area contributed by atoms with Gasteiger partial charge in [0.05, 0.1) is 26.1 Å². The third-order valence-electron chi connectivity index (χ3n) is 3.32. The maximum atomic E-state index is 12.3. The van der Waals surface area contributed by atoms with E-state index in [0.717, 1.165) is 5.69 Å². The summed E-state index contributed by atoms with van der Waals surface area (Å²) in [6, 6.07) is 14.5. The highest BCUT2D eigenvalue weighted by molar-refractivity contribution is 6.02. The lowest BCUT2D eigenvalue weighted by atomic mass is 10.2. The summed E-state index contributed by atoms with van der Waals surface area (Å²) in [5, 5.41) is 11.1. The van der Waals surface area contributed by atoms with Gasteiger partial charge in [-0.2, -0.15) is 9.90 Å². The number of carbonyl (C=O) groups is 1. The van der Waals surface area contributed by atoms with Crippen molar-refractivity contribution in [3.8, 4) is 17.2 Å². The van der Waals surface area contributed by atoms with Crippen molar-refractivity contribution in [3.63, 3.8) is 0 Å². The van der Waals surface area contributed by atoms with Crippen molar-refractivity contribution in [3.05, 3.63) is 60.4 Å². The lowest BCUT2D eigenvalue weighted by molar-refractivity contribution is 0.102. The number of amides is 1. The number of rotatable bonds is 5. The number of hydrogen-bond donors (Lipinski definition) is 1. The molecule has 1 amide bonds. The summed E-state index contributed by atoms with van der Waals surface area (Å²) in [7, 11) is 3.09. The Kier molecular flexibility index (Phi) is 4.42. The molecule has 0 unspecified atom stereocenters. The predicted octanol–water partition coefficient (Wildman–Crippen LogP) is 2.54. The minimum absolute atomic E-state index is 0.209. The van der Waals surface area contributed by atoms with Gasteiger partial charge in [-0.25, -0.2) is 0 Å². The molecule has 0 atom stereocenters. The lowest BCUT2D eigenvalue weighted by Crippen LogP contribution is -2.13. The number of nitrogens with one attached hydrogen (secondary N) is 1. The first-order chi connectivity index (χ1) is 11.7. The monoisotopic (exact) mass is 324 g/mol. The van der Waals surface area contributed by atoms with Gasteiger partial charge in [-0.1, -0.05) is 18.2 Å². The smallest absolute Gasteiger partial charge is 0.277 e. The van der Waals surface area contributed by atoms with Crippen molar-refractivity contribution in [1.29, 1.82) is 0 Å². The van der Waals surface area contributed by atoms with Crippen molar-refractivity contribution in [1.82, 2.24) is 15.0 Å². The van der Waals surface area contributed by atoms with Gasteiger partial charge in [-0.3, -0.25) is 4.79 Å². The molecule has 7 heteroatoms. The quantitative estimate of drug-likeness (QED) is 0.780. The molecule has 0 bridgehead atoms. The van der Waals surface area contributed by atoms with Crippen molar-refractivity contribution in [2.45, 2.75) is 0 Å². The van der Waals surface area contributed by atoms with E-state index < -0.39 is 0 Å². The molecule has 0 aliphatic heterocycles. The topological polar surface area (TPSA) is 78.3 Å². The third kappa shape index (κ3) is 3.35. The average molecular weight is 324 g/mol. The SMILES string of the molecule is COc1cc(NC(=O)c2cnn(-c3ccccc3)n2)cc(OC)c1. The van der Waals surface area contributed by atoms with Crippen LogP contribution in [0.5, 0.6) is 11.5 Å². The molecule has 3 rings (SSSR count). The highest BCUT2D eigenvalue weighted by atomic mass is 16.5. The minimum Gasteiger partial charge on any atom is -0.497 e. The van der Waals surface area contributed by atoms with E-state index in [4.69, 9.17) is 9.47 Å². The zero-order valence-electron chi connectivity index (χ0n) is 13.3. The van der Waals surface area contributed by atoms with Crippen LogP contribution in [0, 0.1) is 0 Å². The van der Waals surface area contributed by atoms with Crippen molar-refractivity contribution in [2.75, 3.05) is 19.5 Å². The van der Waals surface area contributed by atoms with Crippen LogP contribution in [-0.2, 0) is 0 Å². The molecule has 0 spiro atoms. The number of anilines is 1. The number of nitrogens with zero attached hydrogens (tertiary/aromatic N) is 3. The fraction of sp³-hybridized carbons (Fsp3) is 0.118. The standard InChI is InChI=1S/C17H16N4O3/c1-23-14-8-12(9-15(10-14)24-2)19-17(22)16-11-18-21(20-16)13-6-4-3-5-7-13/h3-11H,1-2H3,(H,19,22). The van der Waals surface area contributed by atoms with Crippen LogP contribution in [0.1, 0.15) is 10.5 Å². The van der Waals surface area contributed by atoms with E-state index in [1.807, 2.05) is 30.3 Å². The molecular formula is C17H16N4O3. The van der Waals surface area contributed by atoms with Gasteiger partial charge in [0.1, 0.15) is 11.5 Å². The number of para-hydroxylation sites is 1. The number of aromatic nitrogens is 3. The second kappa shape index (κ2) is 6.82. The fourth-order valence-electron chi connectivity index (χ4n) is 2.13. The summed E-state index contributed by atoms with van der Waals surface area (Å²) in [5.41, 5.74) is 1.53. The molecule has 122 valence electrons. The first-order valence-corrected chi connectivity index (χ1v) is 7.22. The summed E-state index contributed by atoms with van der Waals surface area (Å²) < 4.78 is 10.4. The molecule has 0 aliphatic carbocycles. The van der Waals surface area contributed by atoms with E-state index in [9.17, 15) is 4.79 Å². The summed E-state index contributed by atoms with van der Waals surface area (Å²) in [5.74, 6) is 0.794. The minimum atomic E-state index is -0.368. The number of hydrogen-bond acceptors (Lipinski definition) is 5. The van der Waals surface area contributed by atoms with Gasteiger partial charge in [-0.15, -0.1) is 5.10 Å². The Hall–Kier alpha value is -3.35. The maximum Gasteiger partial charge on any atom is 0.277 e. The van der Waals surface area contributed by atoms with E-state index in [2.05, 4.69) is 15.5 Å². The molecular weight excluding hydrogens is 308 g/mol. The number of carbonyl (C=O) groups excluding carboxylic acids is 1. The van der Waals surface area contributed by atoms with E-state index in [-0.39, 0.29) is 11.6 Å². The molecule has 1 aromatic heterocycles. The second-order valence-corrected chi connectivity index (χ2v) is 4.91. The van der Waals surface area contributed by atoms with Gasteiger partial charge >= 0.3 is 0 Å². The lowest BCUT2D eigenvalue weighted by Gasteiger charge is -2.08. The van der Waals surface area contributed by atoms with Crippen LogP contribution in [0.4, 0.5) is 5.69 Å². The van der Waals surface area contributed by atoms with Gasteiger partial charge in [-0.05, 0) is 12.1 Å². The van der Waals surface area contributed by atoms with Crippen LogP contribution in [0.2, 0.25) is 0 Å².